The highest BCUT2D eigenvalue weighted by Crippen LogP contribution is 2.27. The predicted molar refractivity (Wildman–Crippen MR) is 80.9 cm³/mol. The molecule has 0 fully saturated rings. The summed E-state index contributed by atoms with van der Waals surface area (Å²) in [5, 5.41) is 1.10. The molecule has 0 aliphatic heterocycles. The van der Waals surface area contributed by atoms with E-state index >= 15 is 0 Å². The first-order valence-corrected chi connectivity index (χ1v) is 6.96. The van der Waals surface area contributed by atoms with E-state index in [1.807, 2.05) is 20.0 Å². The number of fused-ring (bicyclic) bond motifs is 1. The van der Waals surface area contributed by atoms with Gasteiger partial charge in [0.2, 0.25) is 0 Å². The van der Waals surface area contributed by atoms with Crippen molar-refractivity contribution in [3.63, 3.8) is 0 Å². The Kier molecular flexibility index (Phi) is 3.56. The molecule has 0 aliphatic rings. The SMILES string of the molecule is Cc1c(C)n(C)c2c(COc3ccc(F)cc3F)nccc12. The van der Waals surface area contributed by atoms with Gasteiger partial charge in [-0.25, -0.2) is 8.78 Å². The smallest absolute Gasteiger partial charge is 0.167 e. The monoisotopic (exact) mass is 302 g/mol. The van der Waals surface area contributed by atoms with Crippen molar-refractivity contribution in [2.45, 2.75) is 20.5 Å². The van der Waals surface area contributed by atoms with E-state index in [0.29, 0.717) is 0 Å². The Morgan fingerprint density at radius 3 is 2.68 bits per heavy atom. The molecule has 3 nitrogen and oxygen atoms in total. The van der Waals surface area contributed by atoms with Crippen molar-refractivity contribution in [3.05, 3.63) is 59.0 Å². The Morgan fingerprint density at radius 1 is 1.18 bits per heavy atom. The van der Waals surface area contributed by atoms with Gasteiger partial charge in [0.1, 0.15) is 18.1 Å². The lowest BCUT2D eigenvalue weighted by molar-refractivity contribution is 0.286. The summed E-state index contributed by atoms with van der Waals surface area (Å²) in [6.07, 6.45) is 1.72. The van der Waals surface area contributed by atoms with Crippen molar-refractivity contribution in [1.29, 1.82) is 0 Å². The van der Waals surface area contributed by atoms with Crippen molar-refractivity contribution >= 4 is 10.9 Å². The molecule has 0 atom stereocenters. The number of ether oxygens (including phenoxy) is 1. The Morgan fingerprint density at radius 2 is 1.95 bits per heavy atom. The number of halogens is 2. The molecule has 0 spiro atoms. The molecule has 22 heavy (non-hydrogen) atoms. The van der Waals surface area contributed by atoms with Gasteiger partial charge in [-0.3, -0.25) is 4.98 Å². The van der Waals surface area contributed by atoms with Gasteiger partial charge in [-0.15, -0.1) is 0 Å². The molecule has 0 amide bonds. The second-order valence-electron chi connectivity index (χ2n) is 5.29. The van der Waals surface area contributed by atoms with Gasteiger partial charge in [0, 0.05) is 30.4 Å². The number of pyridine rings is 1. The van der Waals surface area contributed by atoms with Crippen molar-refractivity contribution in [1.82, 2.24) is 9.55 Å². The maximum Gasteiger partial charge on any atom is 0.167 e. The maximum atomic E-state index is 13.6. The van der Waals surface area contributed by atoms with E-state index in [1.54, 1.807) is 6.20 Å². The van der Waals surface area contributed by atoms with Crippen LogP contribution in [0.15, 0.2) is 30.5 Å². The fourth-order valence-electron chi connectivity index (χ4n) is 2.63. The maximum absolute atomic E-state index is 13.6. The van der Waals surface area contributed by atoms with E-state index in [1.165, 1.54) is 17.7 Å². The van der Waals surface area contributed by atoms with E-state index in [0.717, 1.165) is 28.4 Å². The van der Waals surface area contributed by atoms with E-state index in [2.05, 4.69) is 16.5 Å². The van der Waals surface area contributed by atoms with Gasteiger partial charge in [0.05, 0.1) is 5.52 Å². The summed E-state index contributed by atoms with van der Waals surface area (Å²) in [5.74, 6) is -1.33. The normalized spacial score (nSPS) is 11.1. The van der Waals surface area contributed by atoms with Gasteiger partial charge in [-0.1, -0.05) is 0 Å². The largest absolute Gasteiger partial charge is 0.484 e. The standard InChI is InChI=1S/C17H16F2N2O/c1-10-11(2)21(3)17-13(10)6-7-20-15(17)9-22-16-5-4-12(18)8-14(16)19/h4-8H,9H2,1-3H3. The van der Waals surface area contributed by atoms with E-state index in [4.69, 9.17) is 4.74 Å². The zero-order chi connectivity index (χ0) is 15.9. The molecular weight excluding hydrogens is 286 g/mol. The lowest BCUT2D eigenvalue weighted by atomic mass is 10.2. The van der Waals surface area contributed by atoms with Gasteiger partial charge < -0.3 is 9.30 Å². The van der Waals surface area contributed by atoms with Crippen LogP contribution in [-0.4, -0.2) is 9.55 Å². The minimum atomic E-state index is -0.716. The summed E-state index contributed by atoms with van der Waals surface area (Å²) in [4.78, 5) is 4.34. The molecule has 0 saturated heterocycles. The molecule has 0 saturated carbocycles. The van der Waals surface area contributed by atoms with Crippen LogP contribution in [0.5, 0.6) is 5.75 Å². The molecule has 2 aromatic heterocycles. The third-order valence-corrected chi connectivity index (χ3v) is 4.04. The second kappa shape index (κ2) is 5.40. The summed E-state index contributed by atoms with van der Waals surface area (Å²) in [6, 6.07) is 5.22. The number of aryl methyl sites for hydroxylation is 2. The van der Waals surface area contributed by atoms with Crippen LogP contribution in [0, 0.1) is 25.5 Å². The molecule has 1 aromatic carbocycles. The highest BCUT2D eigenvalue weighted by Gasteiger charge is 2.14. The first-order chi connectivity index (χ1) is 10.5. The summed E-state index contributed by atoms with van der Waals surface area (Å²) in [5.41, 5.74) is 4.03. The second-order valence-corrected chi connectivity index (χ2v) is 5.29. The van der Waals surface area contributed by atoms with Crippen LogP contribution in [0.4, 0.5) is 8.78 Å². The summed E-state index contributed by atoms with van der Waals surface area (Å²) in [7, 11) is 1.97. The van der Waals surface area contributed by atoms with Crippen LogP contribution in [0.3, 0.4) is 0 Å². The first kappa shape index (κ1) is 14.5. The number of hydrogen-bond donors (Lipinski definition) is 0. The van der Waals surface area contributed by atoms with Crippen molar-refractivity contribution < 1.29 is 13.5 Å². The third kappa shape index (κ3) is 2.32. The van der Waals surface area contributed by atoms with Crippen LogP contribution in [0.2, 0.25) is 0 Å². The van der Waals surface area contributed by atoms with Gasteiger partial charge in [-0.2, -0.15) is 0 Å². The predicted octanol–water partition coefficient (Wildman–Crippen LogP) is 4.05. The fourth-order valence-corrected chi connectivity index (χ4v) is 2.63. The minimum absolute atomic E-state index is 0.0165. The van der Waals surface area contributed by atoms with Crippen LogP contribution in [0.25, 0.3) is 10.9 Å². The van der Waals surface area contributed by atoms with Gasteiger partial charge >= 0.3 is 0 Å². The molecule has 0 unspecified atom stereocenters. The van der Waals surface area contributed by atoms with Crippen molar-refractivity contribution in [2.75, 3.05) is 0 Å². The van der Waals surface area contributed by atoms with Gasteiger partial charge in [0.25, 0.3) is 0 Å². The Balaban J connectivity index is 1.96. The average Bonchev–Trinajstić information content (AvgIpc) is 2.72. The highest BCUT2D eigenvalue weighted by atomic mass is 19.1. The third-order valence-electron chi connectivity index (χ3n) is 4.04. The molecule has 0 radical (unpaired) electrons. The Labute approximate surface area is 127 Å². The average molecular weight is 302 g/mol. The zero-order valence-electron chi connectivity index (χ0n) is 12.7. The molecule has 114 valence electrons. The first-order valence-electron chi connectivity index (χ1n) is 6.96. The van der Waals surface area contributed by atoms with Gasteiger partial charge in [-0.05, 0) is 37.6 Å². The molecule has 0 N–H and O–H groups in total. The summed E-state index contributed by atoms with van der Waals surface area (Å²) >= 11 is 0. The van der Waals surface area contributed by atoms with Crippen LogP contribution in [0.1, 0.15) is 17.0 Å². The Bertz CT molecular complexity index is 855. The number of benzene rings is 1. The topological polar surface area (TPSA) is 27.1 Å². The van der Waals surface area contributed by atoms with Crippen molar-refractivity contribution in [3.8, 4) is 5.75 Å². The van der Waals surface area contributed by atoms with E-state index in [-0.39, 0.29) is 12.4 Å². The molecule has 3 rings (SSSR count). The number of rotatable bonds is 3. The molecule has 2 heterocycles. The molecule has 3 aromatic rings. The van der Waals surface area contributed by atoms with E-state index < -0.39 is 11.6 Å². The van der Waals surface area contributed by atoms with Crippen LogP contribution < -0.4 is 4.74 Å². The van der Waals surface area contributed by atoms with Crippen molar-refractivity contribution in [2.24, 2.45) is 7.05 Å². The minimum Gasteiger partial charge on any atom is -0.484 e. The molecule has 5 heteroatoms. The number of nitrogens with zero attached hydrogens (tertiary/aromatic N) is 2. The molecule has 0 bridgehead atoms. The molecular formula is C17H16F2N2O. The summed E-state index contributed by atoms with van der Waals surface area (Å²) in [6.45, 7) is 4.22. The number of hydrogen-bond acceptors (Lipinski definition) is 2. The summed E-state index contributed by atoms with van der Waals surface area (Å²) < 4.78 is 34.1. The number of aromatic nitrogens is 2. The van der Waals surface area contributed by atoms with Crippen LogP contribution >= 0.6 is 0 Å². The highest BCUT2D eigenvalue weighted by molar-refractivity contribution is 5.86. The fraction of sp³-hybridized carbons (Fsp3) is 0.235. The van der Waals surface area contributed by atoms with Gasteiger partial charge in [0.15, 0.2) is 11.6 Å². The lowest BCUT2D eigenvalue weighted by Crippen LogP contribution is -2.03. The van der Waals surface area contributed by atoms with E-state index in [9.17, 15) is 8.78 Å². The zero-order valence-corrected chi connectivity index (χ0v) is 12.7. The lowest BCUT2D eigenvalue weighted by Gasteiger charge is -2.09. The quantitative estimate of drug-likeness (QED) is 0.730. The van der Waals surface area contributed by atoms with Crippen LogP contribution in [-0.2, 0) is 13.7 Å². The molecule has 0 aliphatic carbocycles. The Hall–Kier alpha value is -2.43.